The van der Waals surface area contributed by atoms with Crippen molar-refractivity contribution < 1.29 is 28.7 Å². The minimum Gasteiger partial charge on any atom is -0.490 e. The highest BCUT2D eigenvalue weighted by molar-refractivity contribution is 6.42. The summed E-state index contributed by atoms with van der Waals surface area (Å²) >= 11 is 6.17. The zero-order valence-corrected chi connectivity index (χ0v) is 21.4. The van der Waals surface area contributed by atoms with Crippen LogP contribution in [0.5, 0.6) is 11.5 Å². The van der Waals surface area contributed by atoms with E-state index >= 15 is 0 Å². The second-order valence-electron chi connectivity index (χ2n) is 8.25. The van der Waals surface area contributed by atoms with Gasteiger partial charge in [0, 0.05) is 5.69 Å². The van der Waals surface area contributed by atoms with Gasteiger partial charge in [-0.1, -0.05) is 41.9 Å². The first-order chi connectivity index (χ1) is 18.3. The Morgan fingerprint density at radius 1 is 1.00 bits per heavy atom. The van der Waals surface area contributed by atoms with E-state index in [1.807, 2.05) is 25.1 Å². The summed E-state index contributed by atoms with van der Waals surface area (Å²) in [4.78, 5) is 51.3. The molecule has 1 saturated heterocycles. The quantitative estimate of drug-likeness (QED) is 0.319. The van der Waals surface area contributed by atoms with Gasteiger partial charge in [0.15, 0.2) is 18.1 Å². The molecule has 194 valence electrons. The molecule has 0 atom stereocenters. The smallest absolute Gasteiger partial charge is 0.335 e. The third-order valence-electron chi connectivity index (χ3n) is 5.43. The first-order valence-corrected chi connectivity index (χ1v) is 12.1. The normalized spacial score (nSPS) is 14.3. The van der Waals surface area contributed by atoms with E-state index in [4.69, 9.17) is 21.1 Å². The third kappa shape index (κ3) is 6.01. The third-order valence-corrected chi connectivity index (χ3v) is 5.75. The molecule has 0 spiro atoms. The van der Waals surface area contributed by atoms with Crippen LogP contribution in [0.4, 0.5) is 16.2 Å². The first-order valence-electron chi connectivity index (χ1n) is 11.7. The van der Waals surface area contributed by atoms with Gasteiger partial charge in [0.05, 0.1) is 17.3 Å². The van der Waals surface area contributed by atoms with Crippen LogP contribution >= 0.6 is 11.6 Å². The highest BCUT2D eigenvalue weighted by atomic mass is 35.5. The molecule has 1 heterocycles. The van der Waals surface area contributed by atoms with Crippen LogP contribution in [-0.2, 0) is 14.4 Å². The molecule has 0 radical (unpaired) electrons. The van der Waals surface area contributed by atoms with Crippen molar-refractivity contribution in [2.75, 3.05) is 23.4 Å². The summed E-state index contributed by atoms with van der Waals surface area (Å²) in [6, 6.07) is 17.5. The van der Waals surface area contributed by atoms with Gasteiger partial charge in [0.25, 0.3) is 17.7 Å². The summed E-state index contributed by atoms with van der Waals surface area (Å²) in [5, 5.41) is 5.11. The maximum absolute atomic E-state index is 13.1. The van der Waals surface area contributed by atoms with Crippen molar-refractivity contribution in [1.82, 2.24) is 5.32 Å². The number of anilines is 2. The lowest BCUT2D eigenvalue weighted by atomic mass is 10.1. The van der Waals surface area contributed by atoms with Crippen molar-refractivity contribution in [3.05, 3.63) is 88.5 Å². The van der Waals surface area contributed by atoms with Gasteiger partial charge in [-0.3, -0.25) is 19.7 Å². The Morgan fingerprint density at radius 2 is 1.79 bits per heavy atom. The molecule has 4 rings (SSSR count). The Labute approximate surface area is 224 Å². The number of benzene rings is 3. The van der Waals surface area contributed by atoms with Gasteiger partial charge in [0.2, 0.25) is 0 Å². The van der Waals surface area contributed by atoms with E-state index < -0.39 is 17.8 Å². The number of halogens is 1. The molecule has 1 aliphatic rings. The molecule has 38 heavy (non-hydrogen) atoms. The number of hydrogen-bond acceptors (Lipinski definition) is 6. The van der Waals surface area contributed by atoms with Crippen molar-refractivity contribution in [2.24, 2.45) is 0 Å². The molecule has 0 aliphatic carbocycles. The molecular weight excluding hydrogens is 510 g/mol. The lowest BCUT2D eigenvalue weighted by molar-refractivity contribution is -0.122. The van der Waals surface area contributed by atoms with Crippen LogP contribution in [0.3, 0.4) is 0 Å². The number of carbonyl (C=O) groups excluding carboxylic acids is 4. The van der Waals surface area contributed by atoms with Crippen LogP contribution in [0.2, 0.25) is 5.02 Å². The largest absolute Gasteiger partial charge is 0.490 e. The van der Waals surface area contributed by atoms with E-state index in [0.29, 0.717) is 29.4 Å². The number of para-hydroxylation sites is 1. The summed E-state index contributed by atoms with van der Waals surface area (Å²) in [6.07, 6.45) is 1.34. The van der Waals surface area contributed by atoms with E-state index in [0.717, 1.165) is 10.5 Å². The van der Waals surface area contributed by atoms with Gasteiger partial charge >= 0.3 is 6.03 Å². The molecule has 3 aromatic rings. The number of aryl methyl sites for hydroxylation is 1. The first kappa shape index (κ1) is 26.4. The molecule has 0 saturated carbocycles. The Bertz CT molecular complexity index is 1450. The molecule has 0 aromatic heterocycles. The maximum atomic E-state index is 13.1. The number of rotatable bonds is 8. The molecule has 0 bridgehead atoms. The number of hydrogen-bond donors (Lipinski definition) is 2. The Balaban J connectivity index is 1.54. The van der Waals surface area contributed by atoms with Crippen LogP contribution in [0.15, 0.2) is 72.3 Å². The van der Waals surface area contributed by atoms with E-state index in [1.54, 1.807) is 43.3 Å². The summed E-state index contributed by atoms with van der Waals surface area (Å²) < 4.78 is 11.3. The molecule has 9 nitrogen and oxygen atoms in total. The van der Waals surface area contributed by atoms with Crippen LogP contribution < -0.4 is 25.0 Å². The number of imide groups is 2. The van der Waals surface area contributed by atoms with Crippen molar-refractivity contribution in [2.45, 2.75) is 13.8 Å². The fraction of sp³-hybridized carbons (Fsp3) is 0.143. The van der Waals surface area contributed by atoms with Crippen molar-refractivity contribution >= 4 is 52.8 Å². The number of urea groups is 1. The molecule has 0 unspecified atom stereocenters. The van der Waals surface area contributed by atoms with Crippen LogP contribution in [-0.4, -0.2) is 37.0 Å². The maximum Gasteiger partial charge on any atom is 0.335 e. The monoisotopic (exact) mass is 533 g/mol. The fourth-order valence-electron chi connectivity index (χ4n) is 3.74. The Morgan fingerprint density at radius 3 is 2.53 bits per heavy atom. The number of amides is 5. The average molecular weight is 534 g/mol. The molecule has 10 heteroatoms. The summed E-state index contributed by atoms with van der Waals surface area (Å²) in [5.41, 5.74) is 2.00. The minimum absolute atomic E-state index is 0.151. The zero-order valence-electron chi connectivity index (χ0n) is 20.6. The molecule has 5 amide bonds. The number of barbiturate groups is 1. The van der Waals surface area contributed by atoms with E-state index in [2.05, 4.69) is 10.6 Å². The van der Waals surface area contributed by atoms with Crippen LogP contribution in [0, 0.1) is 6.92 Å². The number of nitrogens with one attached hydrogen (secondary N) is 2. The second-order valence-corrected chi connectivity index (χ2v) is 8.66. The van der Waals surface area contributed by atoms with Gasteiger partial charge in [-0.2, -0.15) is 0 Å². The Kier molecular flexibility index (Phi) is 8.08. The van der Waals surface area contributed by atoms with E-state index in [-0.39, 0.29) is 28.8 Å². The van der Waals surface area contributed by atoms with Gasteiger partial charge in [-0.25, -0.2) is 9.69 Å². The lowest BCUT2D eigenvalue weighted by Crippen LogP contribution is -2.54. The minimum atomic E-state index is -0.895. The second kappa shape index (κ2) is 11.6. The summed E-state index contributed by atoms with van der Waals surface area (Å²) in [7, 11) is 0. The highest BCUT2D eigenvalue weighted by Gasteiger charge is 2.37. The van der Waals surface area contributed by atoms with Crippen LogP contribution in [0.1, 0.15) is 18.1 Å². The summed E-state index contributed by atoms with van der Waals surface area (Å²) in [6.45, 7) is 3.75. The van der Waals surface area contributed by atoms with E-state index in [1.165, 1.54) is 18.2 Å². The van der Waals surface area contributed by atoms with Gasteiger partial charge in [0.1, 0.15) is 5.57 Å². The van der Waals surface area contributed by atoms with Crippen molar-refractivity contribution in [3.63, 3.8) is 0 Å². The molecule has 1 fully saturated rings. The standard InChI is InChI=1S/C28H24ClN3O6/c1-3-37-24-15-18(11-12-23(24)38-16-25(33)30-19-8-6-7-17(2)13-19)14-20-26(34)31-28(36)32(27(20)35)22-10-5-4-9-21(22)29/h4-15H,3,16H2,1-2H3,(H,30,33)(H,31,34,36)/b20-14+. The van der Waals surface area contributed by atoms with Crippen LogP contribution in [0.25, 0.3) is 6.08 Å². The topological polar surface area (TPSA) is 114 Å². The molecule has 2 N–H and O–H groups in total. The SMILES string of the molecule is CCOc1cc(/C=C2\C(=O)NC(=O)N(c3ccccc3Cl)C2=O)ccc1OCC(=O)Nc1cccc(C)c1. The average Bonchev–Trinajstić information content (AvgIpc) is 2.87. The zero-order chi connectivity index (χ0) is 27.2. The molecular formula is C28H24ClN3O6. The predicted molar refractivity (Wildman–Crippen MR) is 143 cm³/mol. The van der Waals surface area contributed by atoms with E-state index in [9.17, 15) is 19.2 Å². The van der Waals surface area contributed by atoms with Crippen molar-refractivity contribution in [1.29, 1.82) is 0 Å². The highest BCUT2D eigenvalue weighted by Crippen LogP contribution is 2.31. The number of nitrogens with zero attached hydrogens (tertiary/aromatic N) is 1. The lowest BCUT2D eigenvalue weighted by Gasteiger charge is -2.27. The molecule has 1 aliphatic heterocycles. The van der Waals surface area contributed by atoms with Crippen molar-refractivity contribution in [3.8, 4) is 11.5 Å². The molecule has 3 aromatic carbocycles. The van der Waals surface area contributed by atoms with Gasteiger partial charge in [-0.05, 0) is 67.4 Å². The Hall–Kier alpha value is -4.63. The number of ether oxygens (including phenoxy) is 2. The van der Waals surface area contributed by atoms with Gasteiger partial charge < -0.3 is 14.8 Å². The van der Waals surface area contributed by atoms with Gasteiger partial charge in [-0.15, -0.1) is 0 Å². The number of carbonyl (C=O) groups is 4. The fourth-order valence-corrected chi connectivity index (χ4v) is 3.96. The summed E-state index contributed by atoms with van der Waals surface area (Å²) in [5.74, 6) is -1.39. The predicted octanol–water partition coefficient (Wildman–Crippen LogP) is 4.73.